The Hall–Kier alpha value is -0.205. The number of hydrogen-bond acceptors (Lipinski definition) is 10. The van der Waals surface area contributed by atoms with Crippen LogP contribution >= 0.6 is 0 Å². The van der Waals surface area contributed by atoms with Gasteiger partial charge < -0.3 is 50.9 Å². The highest BCUT2D eigenvalue weighted by molar-refractivity contribution is 6.31. The molecular formula is C6H22B3NO9. The zero-order chi connectivity index (χ0) is 15.8. The van der Waals surface area contributed by atoms with Crippen LogP contribution in [0.25, 0.3) is 0 Å². The summed E-state index contributed by atoms with van der Waals surface area (Å²) in [5.74, 6) is 0. The first-order valence-electron chi connectivity index (χ1n) is 5.47. The van der Waals surface area contributed by atoms with E-state index in [0.717, 1.165) is 0 Å². The van der Waals surface area contributed by atoms with Crippen molar-refractivity contribution in [3.63, 3.8) is 0 Å². The first-order valence-corrected chi connectivity index (χ1v) is 5.47. The summed E-state index contributed by atoms with van der Waals surface area (Å²) in [5.41, 5.74) is 5.63. The summed E-state index contributed by atoms with van der Waals surface area (Å²) >= 11 is 0. The predicted molar refractivity (Wildman–Crippen MR) is 68.3 cm³/mol. The molecule has 0 bridgehead atoms. The second-order valence-corrected chi connectivity index (χ2v) is 3.44. The summed E-state index contributed by atoms with van der Waals surface area (Å²) in [5, 5.41) is 64.5. The minimum Gasteiger partial charge on any atom is -0.402 e. The lowest BCUT2D eigenvalue weighted by Crippen LogP contribution is -2.22. The summed E-state index contributed by atoms with van der Waals surface area (Å²) in [6, 6.07) is 0.536. The molecule has 0 radical (unpaired) electrons. The average molecular weight is 285 g/mol. The molecule has 0 unspecified atom stereocenters. The van der Waals surface area contributed by atoms with Crippen molar-refractivity contribution in [1.29, 1.82) is 0 Å². The van der Waals surface area contributed by atoms with E-state index in [-0.39, 0.29) is 0 Å². The van der Waals surface area contributed by atoms with E-state index in [1.54, 1.807) is 0 Å². The highest BCUT2D eigenvalue weighted by atomic mass is 16.5. The van der Waals surface area contributed by atoms with Gasteiger partial charge in [0, 0.05) is 6.04 Å². The monoisotopic (exact) mass is 285 g/mol. The van der Waals surface area contributed by atoms with Crippen LogP contribution in [0.4, 0.5) is 0 Å². The fourth-order valence-corrected chi connectivity index (χ4v) is 1.13. The Balaban J connectivity index is -0.000000189. The summed E-state index contributed by atoms with van der Waals surface area (Å²) in [7, 11) is -6.50. The molecule has 1 fully saturated rings. The Morgan fingerprint density at radius 3 is 0.895 bits per heavy atom. The van der Waals surface area contributed by atoms with E-state index in [9.17, 15) is 0 Å². The molecule has 114 valence electrons. The summed E-state index contributed by atoms with van der Waals surface area (Å²) < 4.78 is 0. The lowest BCUT2D eigenvalue weighted by atomic mass is 9.97. The second kappa shape index (κ2) is 17.8. The van der Waals surface area contributed by atoms with E-state index >= 15 is 0 Å². The van der Waals surface area contributed by atoms with Gasteiger partial charge in [0.2, 0.25) is 0 Å². The van der Waals surface area contributed by atoms with Crippen LogP contribution in [0, 0.1) is 0 Å². The highest BCUT2D eigenvalue weighted by Crippen LogP contribution is 2.14. The van der Waals surface area contributed by atoms with E-state index in [4.69, 9.17) is 50.9 Å². The molecule has 1 saturated carbocycles. The lowest BCUT2D eigenvalue weighted by Gasteiger charge is -2.15. The molecule has 1 aliphatic carbocycles. The Kier molecular flexibility index (Phi) is 22.3. The highest BCUT2D eigenvalue weighted by Gasteiger charge is 2.06. The average Bonchev–Trinajstić information content (AvgIpc) is 2.15. The first-order chi connectivity index (χ1) is 8.59. The van der Waals surface area contributed by atoms with Crippen molar-refractivity contribution in [3.8, 4) is 0 Å². The van der Waals surface area contributed by atoms with E-state index in [1.807, 2.05) is 0 Å². The van der Waals surface area contributed by atoms with Crippen molar-refractivity contribution >= 4 is 22.0 Å². The van der Waals surface area contributed by atoms with Crippen LogP contribution < -0.4 is 5.73 Å². The molecule has 0 saturated heterocycles. The molecule has 13 heteroatoms. The normalized spacial score (nSPS) is 13.6. The maximum absolute atomic E-state index is 7.17. The van der Waals surface area contributed by atoms with Crippen LogP contribution in [0.5, 0.6) is 0 Å². The van der Waals surface area contributed by atoms with Crippen LogP contribution in [0.1, 0.15) is 32.1 Å². The van der Waals surface area contributed by atoms with Gasteiger partial charge in [-0.1, -0.05) is 19.3 Å². The molecule has 1 aliphatic rings. The van der Waals surface area contributed by atoms with E-state index in [0.29, 0.717) is 6.04 Å². The summed E-state index contributed by atoms with van der Waals surface area (Å²) in [6.45, 7) is 0. The molecule has 0 aliphatic heterocycles. The van der Waals surface area contributed by atoms with Gasteiger partial charge in [0.05, 0.1) is 0 Å². The van der Waals surface area contributed by atoms with Gasteiger partial charge in [-0.25, -0.2) is 0 Å². The van der Waals surface area contributed by atoms with Crippen LogP contribution in [-0.2, 0) is 0 Å². The Bertz CT molecular complexity index is 136. The second-order valence-electron chi connectivity index (χ2n) is 3.44. The molecule has 0 aromatic carbocycles. The third-order valence-electron chi connectivity index (χ3n) is 1.65. The van der Waals surface area contributed by atoms with Crippen LogP contribution in [0.2, 0.25) is 0 Å². The maximum Gasteiger partial charge on any atom is 0.631 e. The number of nitrogens with two attached hydrogens (primary N) is 1. The molecule has 0 aromatic rings. The molecule has 19 heavy (non-hydrogen) atoms. The van der Waals surface area contributed by atoms with Crippen LogP contribution in [-0.4, -0.2) is 73.2 Å². The Labute approximate surface area is 112 Å². The Morgan fingerprint density at radius 1 is 0.579 bits per heavy atom. The van der Waals surface area contributed by atoms with Crippen molar-refractivity contribution in [3.05, 3.63) is 0 Å². The summed E-state index contributed by atoms with van der Waals surface area (Å²) in [6.07, 6.45) is 6.66. The summed E-state index contributed by atoms with van der Waals surface area (Å²) in [4.78, 5) is 0. The minimum absolute atomic E-state index is 0.536. The van der Waals surface area contributed by atoms with E-state index in [1.165, 1.54) is 32.1 Å². The van der Waals surface area contributed by atoms with Gasteiger partial charge in [-0.15, -0.1) is 0 Å². The fraction of sp³-hybridized carbons (Fsp3) is 1.00. The molecule has 1 rings (SSSR count). The maximum atomic E-state index is 7.17. The quantitative estimate of drug-likeness (QED) is 0.192. The van der Waals surface area contributed by atoms with Crippen LogP contribution in [0.3, 0.4) is 0 Å². The standard InChI is InChI=1S/C6H13N.3BH3O3/c7-6-4-2-1-3-5-6;3*2-1(3)4/h6H,1-5,7H2;3*2-4H. The van der Waals surface area contributed by atoms with Gasteiger partial charge in [-0.2, -0.15) is 0 Å². The van der Waals surface area contributed by atoms with Crippen molar-refractivity contribution in [1.82, 2.24) is 0 Å². The van der Waals surface area contributed by atoms with Crippen molar-refractivity contribution in [2.75, 3.05) is 0 Å². The molecule has 11 N–H and O–H groups in total. The van der Waals surface area contributed by atoms with Gasteiger partial charge in [0.1, 0.15) is 0 Å². The van der Waals surface area contributed by atoms with Crippen molar-refractivity contribution < 1.29 is 45.2 Å². The number of rotatable bonds is 0. The molecule has 10 nitrogen and oxygen atoms in total. The lowest BCUT2D eigenvalue weighted by molar-refractivity contribution is 0.276. The SMILES string of the molecule is NC1CCCCC1.OB(O)O.OB(O)O.OB(O)O. The minimum atomic E-state index is -2.17. The predicted octanol–water partition coefficient (Wildman–Crippen LogP) is -4.88. The van der Waals surface area contributed by atoms with Gasteiger partial charge >= 0.3 is 22.0 Å². The Morgan fingerprint density at radius 2 is 0.789 bits per heavy atom. The molecule has 0 spiro atoms. The fourth-order valence-electron chi connectivity index (χ4n) is 1.13. The molecule has 0 aromatic heterocycles. The number of hydrogen-bond donors (Lipinski definition) is 10. The molecule has 0 heterocycles. The smallest absolute Gasteiger partial charge is 0.402 e. The third-order valence-corrected chi connectivity index (χ3v) is 1.65. The zero-order valence-electron chi connectivity index (χ0n) is 10.4. The van der Waals surface area contributed by atoms with Crippen LogP contribution in [0.15, 0.2) is 0 Å². The molecular weight excluding hydrogens is 262 g/mol. The van der Waals surface area contributed by atoms with Gasteiger partial charge in [0.25, 0.3) is 0 Å². The van der Waals surface area contributed by atoms with Crippen molar-refractivity contribution in [2.45, 2.75) is 38.1 Å². The van der Waals surface area contributed by atoms with E-state index < -0.39 is 22.0 Å². The van der Waals surface area contributed by atoms with Crippen molar-refractivity contribution in [2.24, 2.45) is 5.73 Å². The third kappa shape index (κ3) is 73.1. The largest absolute Gasteiger partial charge is 0.631 e. The van der Waals surface area contributed by atoms with Gasteiger partial charge in [0.15, 0.2) is 0 Å². The molecule has 0 amide bonds. The van der Waals surface area contributed by atoms with E-state index in [2.05, 4.69) is 0 Å². The van der Waals surface area contributed by atoms with Gasteiger partial charge in [-0.3, -0.25) is 0 Å². The van der Waals surface area contributed by atoms with Gasteiger partial charge in [-0.05, 0) is 12.8 Å². The topological polar surface area (TPSA) is 208 Å². The zero-order valence-corrected chi connectivity index (χ0v) is 10.4. The first kappa shape index (κ1) is 23.9. The molecule has 0 atom stereocenters.